The monoisotopic (exact) mass is 2060 g/mol. The fraction of sp³-hybridized carbons (Fsp3) is 0.245. The summed E-state index contributed by atoms with van der Waals surface area (Å²) in [5, 5.41) is 40.4. The highest BCUT2D eigenvalue weighted by Gasteiger charge is 2.36. The fourth-order valence-electron chi connectivity index (χ4n) is 18.3. The first-order chi connectivity index (χ1) is 69.6. The first-order valence-electron chi connectivity index (χ1n) is 46.5. The van der Waals surface area contributed by atoms with Gasteiger partial charge in [-0.25, -0.2) is 39.5 Å². The van der Waals surface area contributed by atoms with E-state index in [1.165, 1.54) is 91.0 Å². The molecule has 5 aliphatic rings. The SMILES string of the molecule is Cc1cc(F)c2[nH]c(-c3ccc(F)cc3)c(CCC(=O)N[C@H]3CCNC3=O)c2c1.O=C(CCc1c(-c2ccc(F)cc2)[nH]c2c(Cl)cc(F)cc12)N[C@H]1CCNC1=O.O=C(CCc1c(-c2ccc(F)cc2)[nH]c2c(F)cc(Cl)cc12)N[C@@H]1CCNC1=O.O=C(CCc1c(-c2ccc(F)cc2)[nH]c2c(F)cc(Cl)cc12)N[C@H]1CCNC1=O.O=C(CCc1c(-c2ccccc2)[nH]c2c(Cl)cc(F)cc12)N[C@@H]1C(=O)NC[C@H]1O. The Labute approximate surface area is 841 Å². The van der Waals surface area contributed by atoms with Gasteiger partial charge in [-0.2, -0.15) is 0 Å². The Morgan fingerprint density at radius 1 is 0.310 bits per heavy atom. The molecule has 26 nitrogen and oxygen atoms in total. The second-order valence-electron chi connectivity index (χ2n) is 35.4. The third-order valence-corrected chi connectivity index (χ3v) is 26.5. The largest absolute Gasteiger partial charge is 0.389 e. The number of aliphatic hydroxyl groups is 1. The lowest BCUT2D eigenvalue weighted by Gasteiger charge is -2.13. The molecule has 5 aromatic heterocycles. The molecule has 0 saturated carbocycles. The van der Waals surface area contributed by atoms with E-state index in [-0.39, 0.29) is 152 Å². The number of fused-ring (bicyclic) bond motifs is 5. The minimum Gasteiger partial charge on any atom is -0.389 e. The van der Waals surface area contributed by atoms with Gasteiger partial charge in [0, 0.05) is 130 Å². The summed E-state index contributed by atoms with van der Waals surface area (Å²) in [4.78, 5) is 136. The van der Waals surface area contributed by atoms with Crippen LogP contribution in [-0.2, 0) is 80.0 Å². The second-order valence-corrected chi connectivity index (χ2v) is 37.0. The van der Waals surface area contributed by atoms with Crippen LogP contribution in [0.1, 0.15) is 91.2 Å². The van der Waals surface area contributed by atoms with Gasteiger partial charge in [0.2, 0.25) is 59.1 Å². The Bertz CT molecular complexity index is 6790. The van der Waals surface area contributed by atoms with E-state index in [9.17, 15) is 92.6 Å². The molecule has 10 aromatic carbocycles. The molecule has 15 aromatic rings. The summed E-state index contributed by atoms with van der Waals surface area (Å²) in [6, 6.07) is 44.2. The van der Waals surface area contributed by atoms with Crippen molar-refractivity contribution in [1.29, 1.82) is 0 Å². The average Bonchev–Trinajstić information content (AvgIpc) is 1.64. The zero-order chi connectivity index (χ0) is 103. The third-order valence-electron chi connectivity index (χ3n) is 25.4. The molecule has 39 heteroatoms. The predicted molar refractivity (Wildman–Crippen MR) is 534 cm³/mol. The van der Waals surface area contributed by atoms with E-state index >= 15 is 0 Å². The summed E-state index contributed by atoms with van der Waals surface area (Å²) in [5.41, 5.74) is 13.5. The molecule has 145 heavy (non-hydrogen) atoms. The van der Waals surface area contributed by atoms with Crippen molar-refractivity contribution in [3.63, 3.8) is 0 Å². The van der Waals surface area contributed by atoms with Gasteiger partial charge in [-0.1, -0.05) is 76.7 Å². The van der Waals surface area contributed by atoms with Crippen LogP contribution in [0.2, 0.25) is 20.1 Å². The Balaban J connectivity index is 0.000000130. The number of carbonyl (C=O) groups excluding carboxylic acids is 10. The maximum atomic E-state index is 14.5. The fourth-order valence-corrected chi connectivity index (χ4v) is 19.3. The van der Waals surface area contributed by atoms with Crippen molar-refractivity contribution in [3.8, 4) is 56.3 Å². The van der Waals surface area contributed by atoms with Crippen LogP contribution in [0.25, 0.3) is 111 Å². The van der Waals surface area contributed by atoms with Gasteiger partial charge in [-0.15, -0.1) is 0 Å². The maximum absolute atomic E-state index is 14.5. The zero-order valence-electron chi connectivity index (χ0n) is 77.2. The summed E-state index contributed by atoms with van der Waals surface area (Å²) in [6.45, 7) is 4.10. The quantitative estimate of drug-likeness (QED) is 0.0238. The van der Waals surface area contributed by atoms with E-state index in [1.54, 1.807) is 60.7 Å². The van der Waals surface area contributed by atoms with Gasteiger partial charge in [0.1, 0.15) is 88.7 Å². The smallest absolute Gasteiger partial charge is 0.245 e. The van der Waals surface area contributed by atoms with Crippen LogP contribution in [-0.4, -0.2) is 158 Å². The molecule has 0 aliphatic carbocycles. The van der Waals surface area contributed by atoms with Gasteiger partial charge < -0.3 is 83.2 Å². The van der Waals surface area contributed by atoms with Crippen molar-refractivity contribution in [1.82, 2.24) is 78.1 Å². The van der Waals surface area contributed by atoms with Crippen LogP contribution >= 0.6 is 46.4 Å². The van der Waals surface area contributed by atoms with E-state index < -0.39 is 65.5 Å². The highest BCUT2D eigenvalue weighted by molar-refractivity contribution is 6.36. The number of H-pyrrole nitrogens is 5. The number of benzene rings is 10. The molecular weight excluding hydrogens is 1970 g/mol. The summed E-state index contributed by atoms with van der Waals surface area (Å²) in [6.07, 6.45) is 3.39. The number of nitrogens with one attached hydrogen (secondary N) is 15. The molecule has 0 bridgehead atoms. The summed E-state index contributed by atoms with van der Waals surface area (Å²) in [7, 11) is 0. The van der Waals surface area contributed by atoms with Crippen LogP contribution in [0.3, 0.4) is 0 Å². The molecule has 0 spiro atoms. The van der Waals surface area contributed by atoms with Crippen molar-refractivity contribution in [3.05, 3.63) is 294 Å². The lowest BCUT2D eigenvalue weighted by atomic mass is 10.00. The van der Waals surface area contributed by atoms with Crippen molar-refractivity contribution < 1.29 is 92.6 Å². The highest BCUT2D eigenvalue weighted by Crippen LogP contribution is 2.42. The van der Waals surface area contributed by atoms with E-state index in [2.05, 4.69) is 78.1 Å². The predicted octanol–water partition coefficient (Wildman–Crippen LogP) is 17.0. The minimum absolute atomic E-state index is 0.0669. The number of hydrogen-bond acceptors (Lipinski definition) is 11. The molecule has 10 amide bonds. The normalized spacial score (nSPS) is 16.8. The molecule has 5 aliphatic heterocycles. The van der Waals surface area contributed by atoms with E-state index in [4.69, 9.17) is 46.4 Å². The number of β-amino-alcohol motifs (C(OH)–C–C–N with tert-alkyl or cyclic N) is 1. The number of aliphatic hydroxyl groups excluding tert-OH is 1. The van der Waals surface area contributed by atoms with Crippen molar-refractivity contribution in [2.24, 2.45) is 0 Å². The molecular formula is C106H94Cl4F9N15O11. The molecule has 0 unspecified atom stereocenters. The van der Waals surface area contributed by atoms with Crippen LogP contribution in [0.15, 0.2) is 188 Å². The Hall–Kier alpha value is -14.9. The zero-order valence-corrected chi connectivity index (χ0v) is 80.3. The number of carbonyl (C=O) groups is 10. The Kier molecular flexibility index (Phi) is 32.5. The molecule has 750 valence electrons. The second kappa shape index (κ2) is 45.8. The van der Waals surface area contributed by atoms with Crippen molar-refractivity contribution >= 4 is 160 Å². The van der Waals surface area contributed by atoms with Crippen LogP contribution in [0.4, 0.5) is 39.5 Å². The van der Waals surface area contributed by atoms with Gasteiger partial charge in [0.15, 0.2) is 0 Å². The van der Waals surface area contributed by atoms with Crippen LogP contribution in [0, 0.1) is 59.3 Å². The highest BCUT2D eigenvalue weighted by atomic mass is 35.5. The lowest BCUT2D eigenvalue weighted by molar-refractivity contribution is -0.128. The number of rotatable bonds is 25. The number of aryl methyl sites for hydroxylation is 6. The van der Waals surface area contributed by atoms with E-state index in [0.717, 1.165) is 27.9 Å². The van der Waals surface area contributed by atoms with Crippen molar-refractivity contribution in [2.45, 2.75) is 133 Å². The number of aromatic nitrogens is 5. The number of halogens is 13. The van der Waals surface area contributed by atoms with E-state index in [0.29, 0.717) is 189 Å². The first-order valence-corrected chi connectivity index (χ1v) is 48.1. The van der Waals surface area contributed by atoms with Gasteiger partial charge in [0.25, 0.3) is 0 Å². The number of hydrogen-bond donors (Lipinski definition) is 16. The standard InChI is InChI=1S/C22H21F2N3O2.3C21H18ClF2N3O2.C21H19ClFN3O3/c1-12-10-16-15(6-7-19(28)26-18-8-9-25-22(18)29)20(27-21(16)17(24)11-12)13-2-4-14(23)5-3-13;2*22-12-9-15-14(5-6-18(28)26-17-7-8-25-21(17)29)19(27-20(15)16(24)10-12)11-1-3-13(23)4-2-11;22-16-10-13(24)9-15-14(5-6-18(28)26-17-7-8-25-21(17)29)19(27-20(15)16)11-1-3-12(23)4-2-11;22-15-9-12(23)8-14-13(18(26-19(14)15)11-4-2-1-3-5-11)6-7-17(28)25-20-16(27)10-24-21(20)29/h2-5,10-11,18,27H,6-9H2,1H3,(H,25,29)(H,26,28);3*1-4,9-10,17,27H,5-8H2,(H,25,29)(H,26,28);1-5,8-9,16,20,26-27H,6-7,10H2,(H,24,29)(H,25,28)/t18-;3*17-;16-,20+/m01001/s1. The lowest BCUT2D eigenvalue weighted by Crippen LogP contribution is -2.45. The van der Waals surface area contributed by atoms with Gasteiger partial charge >= 0.3 is 0 Å². The van der Waals surface area contributed by atoms with Crippen LogP contribution < -0.4 is 53.2 Å². The molecule has 16 N–H and O–H groups in total. The number of amides is 10. The Morgan fingerprint density at radius 3 is 0.862 bits per heavy atom. The summed E-state index contributed by atoms with van der Waals surface area (Å²) < 4.78 is 125. The molecule has 5 fully saturated rings. The molecule has 20 rings (SSSR count). The summed E-state index contributed by atoms with van der Waals surface area (Å²) >= 11 is 24.5. The van der Waals surface area contributed by atoms with E-state index in [1.807, 2.05) is 43.3 Å². The average molecular weight is 2070 g/mol. The molecule has 10 heterocycles. The minimum atomic E-state index is -0.953. The molecule has 6 atom stereocenters. The maximum Gasteiger partial charge on any atom is 0.245 e. The Morgan fingerprint density at radius 2 is 0.579 bits per heavy atom. The van der Waals surface area contributed by atoms with Gasteiger partial charge in [-0.3, -0.25) is 47.9 Å². The van der Waals surface area contributed by atoms with Crippen LogP contribution in [0.5, 0.6) is 0 Å². The first kappa shape index (κ1) is 103. The van der Waals surface area contributed by atoms with Gasteiger partial charge in [-0.05, 0) is 284 Å². The third kappa shape index (κ3) is 24.6. The molecule has 0 radical (unpaired) electrons. The van der Waals surface area contributed by atoms with Crippen molar-refractivity contribution in [2.75, 3.05) is 32.7 Å². The number of aromatic amines is 5. The van der Waals surface area contributed by atoms with Gasteiger partial charge in [0.05, 0.1) is 37.6 Å². The summed E-state index contributed by atoms with van der Waals surface area (Å²) in [5.74, 6) is -6.38. The topological polar surface area (TPSA) is 390 Å². The molecule has 5 saturated heterocycles.